The highest BCUT2D eigenvalue weighted by molar-refractivity contribution is 7.09. The number of rotatable bonds is 4. The van der Waals surface area contributed by atoms with Crippen molar-refractivity contribution in [1.82, 2.24) is 4.98 Å². The second kappa shape index (κ2) is 5.21. The van der Waals surface area contributed by atoms with Gasteiger partial charge < -0.3 is 5.73 Å². The number of Topliss-reactive ketones (excluding diaryl/α,β-unsaturated/α-hetero) is 1. The number of nitrogens with zero attached hydrogens (tertiary/aromatic N) is 1. The summed E-state index contributed by atoms with van der Waals surface area (Å²) in [4.78, 5) is 16.1. The number of aryl methyl sites for hydroxylation is 1. The minimum atomic E-state index is 0.0461. The molecule has 0 aliphatic rings. The first-order valence-electron chi connectivity index (χ1n) is 5.42. The SMILES string of the molecule is Cc1ccc(CC(=O)c2csc(CN)n2)cc1. The van der Waals surface area contributed by atoms with Crippen LogP contribution in [0.15, 0.2) is 29.6 Å². The Labute approximate surface area is 104 Å². The van der Waals surface area contributed by atoms with E-state index in [1.54, 1.807) is 5.38 Å². The van der Waals surface area contributed by atoms with Crippen molar-refractivity contribution in [2.45, 2.75) is 19.9 Å². The van der Waals surface area contributed by atoms with Crippen LogP contribution in [0.4, 0.5) is 0 Å². The monoisotopic (exact) mass is 246 g/mol. The van der Waals surface area contributed by atoms with Gasteiger partial charge in [0.05, 0.1) is 0 Å². The first-order valence-corrected chi connectivity index (χ1v) is 6.30. The lowest BCUT2D eigenvalue weighted by Crippen LogP contribution is -2.05. The van der Waals surface area contributed by atoms with Gasteiger partial charge >= 0.3 is 0 Å². The van der Waals surface area contributed by atoms with Gasteiger partial charge in [0.1, 0.15) is 10.7 Å². The van der Waals surface area contributed by atoms with Gasteiger partial charge in [-0.2, -0.15) is 0 Å². The van der Waals surface area contributed by atoms with Gasteiger partial charge in [-0.3, -0.25) is 4.79 Å². The van der Waals surface area contributed by atoms with Crippen LogP contribution in [0, 0.1) is 6.92 Å². The van der Waals surface area contributed by atoms with Gasteiger partial charge in [-0.15, -0.1) is 11.3 Å². The molecule has 0 saturated carbocycles. The molecule has 1 heterocycles. The van der Waals surface area contributed by atoms with Crippen molar-refractivity contribution in [2.75, 3.05) is 0 Å². The molecule has 17 heavy (non-hydrogen) atoms. The van der Waals surface area contributed by atoms with Crippen LogP contribution in [0.3, 0.4) is 0 Å². The zero-order chi connectivity index (χ0) is 12.3. The molecular formula is C13H14N2OS. The molecular weight excluding hydrogens is 232 g/mol. The summed E-state index contributed by atoms with van der Waals surface area (Å²) >= 11 is 1.43. The molecule has 2 aromatic rings. The van der Waals surface area contributed by atoms with E-state index < -0.39 is 0 Å². The molecule has 2 rings (SSSR count). The Morgan fingerprint density at radius 3 is 2.65 bits per heavy atom. The Hall–Kier alpha value is -1.52. The highest BCUT2D eigenvalue weighted by Crippen LogP contribution is 2.12. The predicted octanol–water partition coefficient (Wildman–Crippen LogP) is 2.34. The molecule has 1 aromatic heterocycles. The topological polar surface area (TPSA) is 56.0 Å². The van der Waals surface area contributed by atoms with Crippen LogP contribution in [0.1, 0.15) is 26.6 Å². The fourth-order valence-electron chi connectivity index (χ4n) is 1.51. The standard InChI is InChI=1S/C13H14N2OS/c1-9-2-4-10(5-3-9)6-12(16)11-8-17-13(7-14)15-11/h2-5,8H,6-7,14H2,1H3. The molecule has 0 fully saturated rings. The van der Waals surface area contributed by atoms with Crippen LogP contribution in [0.2, 0.25) is 0 Å². The first-order chi connectivity index (χ1) is 8.19. The van der Waals surface area contributed by atoms with Crippen molar-refractivity contribution >= 4 is 17.1 Å². The number of hydrogen-bond donors (Lipinski definition) is 1. The number of thiazole rings is 1. The van der Waals surface area contributed by atoms with Gasteiger partial charge in [-0.25, -0.2) is 4.98 Å². The third kappa shape index (κ3) is 2.99. The van der Waals surface area contributed by atoms with Gasteiger partial charge in [-0.1, -0.05) is 29.8 Å². The van der Waals surface area contributed by atoms with Crippen molar-refractivity contribution in [3.05, 3.63) is 51.5 Å². The number of carbonyl (C=O) groups excluding carboxylic acids is 1. The van der Waals surface area contributed by atoms with E-state index in [1.165, 1.54) is 16.9 Å². The highest BCUT2D eigenvalue weighted by Gasteiger charge is 2.10. The van der Waals surface area contributed by atoms with E-state index in [1.807, 2.05) is 31.2 Å². The van der Waals surface area contributed by atoms with Crippen molar-refractivity contribution in [3.63, 3.8) is 0 Å². The lowest BCUT2D eigenvalue weighted by Gasteiger charge is -1.99. The molecule has 0 atom stereocenters. The number of nitrogens with two attached hydrogens (primary N) is 1. The maximum absolute atomic E-state index is 11.9. The van der Waals surface area contributed by atoms with Crippen molar-refractivity contribution in [1.29, 1.82) is 0 Å². The summed E-state index contributed by atoms with van der Waals surface area (Å²) in [7, 11) is 0. The average Bonchev–Trinajstić information content (AvgIpc) is 2.81. The van der Waals surface area contributed by atoms with E-state index >= 15 is 0 Å². The Balaban J connectivity index is 2.08. The molecule has 0 spiro atoms. The molecule has 4 heteroatoms. The number of benzene rings is 1. The summed E-state index contributed by atoms with van der Waals surface area (Å²) in [5.41, 5.74) is 8.20. The molecule has 1 aromatic carbocycles. The minimum absolute atomic E-state index is 0.0461. The predicted molar refractivity (Wildman–Crippen MR) is 69.2 cm³/mol. The molecule has 0 aliphatic carbocycles. The maximum atomic E-state index is 11.9. The Morgan fingerprint density at radius 1 is 1.35 bits per heavy atom. The summed E-state index contributed by atoms with van der Waals surface area (Å²) in [6.07, 6.45) is 0.397. The van der Waals surface area contributed by atoms with Crippen LogP contribution in [-0.4, -0.2) is 10.8 Å². The molecule has 0 saturated heterocycles. The third-order valence-electron chi connectivity index (χ3n) is 2.50. The lowest BCUT2D eigenvalue weighted by molar-refractivity contribution is 0.0988. The smallest absolute Gasteiger partial charge is 0.186 e. The number of hydrogen-bond acceptors (Lipinski definition) is 4. The second-order valence-corrected chi connectivity index (χ2v) is 4.86. The van der Waals surface area contributed by atoms with Gasteiger partial charge in [0.15, 0.2) is 5.78 Å². The molecule has 88 valence electrons. The van der Waals surface area contributed by atoms with Gasteiger partial charge in [0.25, 0.3) is 0 Å². The Morgan fingerprint density at radius 2 is 2.06 bits per heavy atom. The summed E-state index contributed by atoms with van der Waals surface area (Å²) in [6, 6.07) is 7.97. The van der Waals surface area contributed by atoms with Gasteiger partial charge in [-0.05, 0) is 12.5 Å². The quantitative estimate of drug-likeness (QED) is 0.842. The fraction of sp³-hybridized carbons (Fsp3) is 0.231. The molecule has 0 aliphatic heterocycles. The fourth-order valence-corrected chi connectivity index (χ4v) is 2.19. The van der Waals surface area contributed by atoms with Crippen molar-refractivity contribution in [3.8, 4) is 0 Å². The number of aromatic nitrogens is 1. The summed E-state index contributed by atoms with van der Waals surface area (Å²) < 4.78 is 0. The molecule has 0 bridgehead atoms. The number of ketones is 1. The van der Waals surface area contributed by atoms with Crippen LogP contribution in [0.25, 0.3) is 0 Å². The highest BCUT2D eigenvalue weighted by atomic mass is 32.1. The molecule has 3 nitrogen and oxygen atoms in total. The minimum Gasteiger partial charge on any atom is -0.325 e. The maximum Gasteiger partial charge on any atom is 0.186 e. The largest absolute Gasteiger partial charge is 0.325 e. The van der Waals surface area contributed by atoms with Gasteiger partial charge in [0, 0.05) is 18.3 Å². The van der Waals surface area contributed by atoms with Crippen LogP contribution >= 0.6 is 11.3 Å². The Bertz CT molecular complexity index is 516. The molecule has 0 unspecified atom stereocenters. The molecule has 0 amide bonds. The zero-order valence-electron chi connectivity index (χ0n) is 9.64. The lowest BCUT2D eigenvalue weighted by atomic mass is 10.1. The van der Waals surface area contributed by atoms with Crippen LogP contribution < -0.4 is 5.73 Å². The molecule has 0 radical (unpaired) electrons. The molecule has 2 N–H and O–H groups in total. The normalized spacial score (nSPS) is 10.5. The number of carbonyl (C=O) groups is 1. The van der Waals surface area contributed by atoms with Crippen LogP contribution in [0.5, 0.6) is 0 Å². The van der Waals surface area contributed by atoms with E-state index in [4.69, 9.17) is 5.73 Å². The summed E-state index contributed by atoms with van der Waals surface area (Å²) in [5, 5.41) is 2.58. The van der Waals surface area contributed by atoms with Crippen molar-refractivity contribution in [2.24, 2.45) is 5.73 Å². The zero-order valence-corrected chi connectivity index (χ0v) is 10.5. The van der Waals surface area contributed by atoms with E-state index in [0.717, 1.165) is 10.6 Å². The van der Waals surface area contributed by atoms with Crippen LogP contribution in [-0.2, 0) is 13.0 Å². The second-order valence-electron chi connectivity index (χ2n) is 3.92. The summed E-state index contributed by atoms with van der Waals surface area (Å²) in [6.45, 7) is 2.42. The third-order valence-corrected chi connectivity index (χ3v) is 3.37. The van der Waals surface area contributed by atoms with Crippen molar-refractivity contribution < 1.29 is 4.79 Å². The van der Waals surface area contributed by atoms with E-state index in [0.29, 0.717) is 18.7 Å². The Kier molecular flexibility index (Phi) is 3.66. The first kappa shape index (κ1) is 12.0. The average molecular weight is 246 g/mol. The van der Waals surface area contributed by atoms with E-state index in [9.17, 15) is 4.79 Å². The van der Waals surface area contributed by atoms with Gasteiger partial charge in [0.2, 0.25) is 0 Å². The van der Waals surface area contributed by atoms with E-state index in [2.05, 4.69) is 4.98 Å². The summed E-state index contributed by atoms with van der Waals surface area (Å²) in [5.74, 6) is 0.0461. The van der Waals surface area contributed by atoms with E-state index in [-0.39, 0.29) is 5.78 Å².